The first kappa shape index (κ1) is 51.9. The Morgan fingerprint density at radius 1 is 0.253 bits per heavy atom. The van der Waals surface area contributed by atoms with Gasteiger partial charge >= 0.3 is 0 Å². The van der Waals surface area contributed by atoms with Crippen LogP contribution in [0.15, 0.2) is 285 Å². The lowest BCUT2D eigenvalue weighted by Gasteiger charge is -2.53. The number of ether oxygens (including phenoxy) is 1. The molecule has 22 rings (SSSR count). The molecule has 0 spiro atoms. The molecule has 0 aliphatic carbocycles. The van der Waals surface area contributed by atoms with Crippen molar-refractivity contribution in [1.29, 1.82) is 0 Å². The predicted molar refractivity (Wildman–Crippen MR) is 403 cm³/mol. The molecular formula is C86H56B3N5O. The van der Waals surface area contributed by atoms with E-state index in [0.717, 1.165) is 78.5 Å². The number of rotatable bonds is 4. The van der Waals surface area contributed by atoms with Crippen molar-refractivity contribution in [3.8, 4) is 11.5 Å². The van der Waals surface area contributed by atoms with Crippen molar-refractivity contribution in [1.82, 2.24) is 0 Å². The van der Waals surface area contributed by atoms with E-state index in [1.807, 2.05) is 0 Å². The van der Waals surface area contributed by atoms with E-state index < -0.39 is 0 Å². The number of fused-ring (bicyclic) bond motifs is 16. The second kappa shape index (κ2) is 18.6. The highest BCUT2D eigenvalue weighted by Crippen LogP contribution is 2.60. The van der Waals surface area contributed by atoms with Crippen LogP contribution in [0, 0.1) is 0 Å². The lowest BCUT2D eigenvalue weighted by atomic mass is 9.27. The minimum absolute atomic E-state index is 0.157. The molecule has 440 valence electrons. The molecule has 15 aromatic rings. The quantitative estimate of drug-likeness (QED) is 0.163. The monoisotopic (exact) mass is 1210 g/mol. The first-order chi connectivity index (χ1) is 46.8. The molecule has 0 saturated heterocycles. The molecule has 0 atom stereocenters. The molecule has 7 aliphatic heterocycles. The molecule has 9 heteroatoms. The van der Waals surface area contributed by atoms with E-state index in [-0.39, 0.29) is 25.6 Å². The highest BCUT2D eigenvalue weighted by Gasteiger charge is 2.56. The number of benzene rings is 15. The summed E-state index contributed by atoms with van der Waals surface area (Å²) in [5.74, 6) is 1.81. The summed E-state index contributed by atoms with van der Waals surface area (Å²) < 4.78 is 7.91. The van der Waals surface area contributed by atoms with Gasteiger partial charge in [0.15, 0.2) is 11.5 Å². The van der Waals surface area contributed by atoms with Crippen molar-refractivity contribution in [3.63, 3.8) is 0 Å². The highest BCUT2D eigenvalue weighted by atomic mass is 16.5. The molecule has 0 bridgehead atoms. The second-order valence-electron chi connectivity index (χ2n) is 27.9. The maximum Gasteiger partial charge on any atom is 0.252 e. The first-order valence-electron chi connectivity index (χ1n) is 33.4. The minimum Gasteiger partial charge on any atom is -0.452 e. The van der Waals surface area contributed by atoms with Crippen LogP contribution in [0.5, 0.6) is 11.5 Å². The van der Waals surface area contributed by atoms with E-state index in [1.54, 1.807) is 0 Å². The Labute approximate surface area is 552 Å². The summed E-state index contributed by atoms with van der Waals surface area (Å²) in [5, 5.41) is 9.40. The van der Waals surface area contributed by atoms with Crippen molar-refractivity contribution in [3.05, 3.63) is 291 Å². The van der Waals surface area contributed by atoms with Gasteiger partial charge < -0.3 is 29.2 Å². The summed E-state index contributed by atoms with van der Waals surface area (Å²) in [6.45, 7) is 6.53. The van der Waals surface area contributed by atoms with Gasteiger partial charge in [0.05, 0.1) is 11.4 Å². The Bertz CT molecular complexity index is 5940. The molecule has 0 saturated carbocycles. The Kier molecular flexibility index (Phi) is 10.1. The molecule has 0 N–H and O–H groups in total. The number of hydrogen-bond donors (Lipinski definition) is 0. The third-order valence-electron chi connectivity index (χ3n) is 21.9. The number of hydrogen-bond acceptors (Lipinski definition) is 6. The number of nitrogens with zero attached hydrogens (tertiary/aromatic N) is 5. The van der Waals surface area contributed by atoms with Crippen LogP contribution >= 0.6 is 0 Å². The minimum atomic E-state index is -0.244. The Morgan fingerprint density at radius 3 is 0.958 bits per heavy atom. The van der Waals surface area contributed by atoms with E-state index >= 15 is 0 Å². The first-order valence-corrected chi connectivity index (χ1v) is 33.4. The molecule has 6 nitrogen and oxygen atoms in total. The zero-order chi connectivity index (χ0) is 62.3. The molecule has 95 heavy (non-hydrogen) atoms. The average molecular weight is 1210 g/mol. The molecular weight excluding hydrogens is 1150 g/mol. The molecule has 0 aromatic heterocycles. The maximum atomic E-state index is 7.91. The van der Waals surface area contributed by atoms with Crippen LogP contribution in [0.2, 0.25) is 0 Å². The second-order valence-corrected chi connectivity index (χ2v) is 27.9. The van der Waals surface area contributed by atoms with Gasteiger partial charge in [0.2, 0.25) is 0 Å². The molecule has 0 unspecified atom stereocenters. The fourth-order valence-electron chi connectivity index (χ4n) is 17.9. The standard InChI is InChI=1S/C86H56B3N5O/c1-86(2,3)57-46-74-78-75(47-57)92(60-34-12-6-13-35-60)72-49-73-67(48-66(72)87(78)64-40-51-24-16-18-26-53(51)44-70(64)90(74)58-30-8-4-9-31-58)89-69-43-56-29-21-23-39-63(56)85-82(69)94-81-68(42-55-28-20-22-38-62(55)84(81)95-85)88-65-41-52-25-17-19-27-54(52)45-71(65)91(59-32-10-5-11-33-59)76-50-77(80(89)83(94)79(76)88)93(73)61-36-14-7-15-37-61/h4-50H,1-3H3. The number of para-hydroxylation sites is 4. The van der Waals surface area contributed by atoms with Crippen LogP contribution in [0.3, 0.4) is 0 Å². The van der Waals surface area contributed by atoms with Gasteiger partial charge in [-0.25, -0.2) is 0 Å². The van der Waals surface area contributed by atoms with Gasteiger partial charge in [-0.05, 0) is 177 Å². The van der Waals surface area contributed by atoms with Crippen LogP contribution in [-0.2, 0) is 5.41 Å². The summed E-state index contributed by atoms with van der Waals surface area (Å²) in [7, 11) is 0. The van der Waals surface area contributed by atoms with Crippen molar-refractivity contribution < 1.29 is 4.74 Å². The summed E-state index contributed by atoms with van der Waals surface area (Å²) >= 11 is 0. The van der Waals surface area contributed by atoms with E-state index in [9.17, 15) is 0 Å². The van der Waals surface area contributed by atoms with Gasteiger partial charge in [0.1, 0.15) is 0 Å². The SMILES string of the molecule is CC(C)(C)c1cc2c3c(c1)N(c1ccccc1)c1cc4ccccc4cc1B3c1cc3c(cc1N2c1ccccc1)N(c1ccccc1)c1cc2c4c5c1B3c1cc3ccccc3c3c1N5c1c(cc5ccccc5c1O3)B4c1cc3ccccc3cc1N2c1ccccc1. The van der Waals surface area contributed by atoms with Gasteiger partial charge in [-0.15, -0.1) is 0 Å². The molecule has 7 aliphatic rings. The van der Waals surface area contributed by atoms with Crippen molar-refractivity contribution >= 4 is 198 Å². The maximum absolute atomic E-state index is 7.91. The third-order valence-corrected chi connectivity index (χ3v) is 21.9. The van der Waals surface area contributed by atoms with Crippen LogP contribution in [0.1, 0.15) is 26.3 Å². The van der Waals surface area contributed by atoms with Gasteiger partial charge in [0, 0.05) is 84.7 Å². The fraction of sp³-hybridized carbons (Fsp3) is 0.0465. The lowest BCUT2D eigenvalue weighted by Crippen LogP contribution is -2.69. The van der Waals surface area contributed by atoms with E-state index in [4.69, 9.17) is 4.74 Å². The molecule has 15 aromatic carbocycles. The predicted octanol–water partition coefficient (Wildman–Crippen LogP) is 16.5. The van der Waals surface area contributed by atoms with Crippen LogP contribution in [0.4, 0.5) is 85.3 Å². The zero-order valence-corrected chi connectivity index (χ0v) is 52.5. The van der Waals surface area contributed by atoms with Crippen molar-refractivity contribution in [2.75, 3.05) is 24.5 Å². The Balaban J connectivity index is 0.919. The molecule has 0 amide bonds. The smallest absolute Gasteiger partial charge is 0.252 e. The summed E-state index contributed by atoms with van der Waals surface area (Å²) in [5.41, 5.74) is 30.0. The van der Waals surface area contributed by atoms with Gasteiger partial charge in [-0.1, -0.05) is 221 Å². The van der Waals surface area contributed by atoms with Gasteiger partial charge in [-0.3, -0.25) is 0 Å². The average Bonchev–Trinajstić information content (AvgIpc) is 0.655. The van der Waals surface area contributed by atoms with Crippen molar-refractivity contribution in [2.24, 2.45) is 0 Å². The van der Waals surface area contributed by atoms with Crippen LogP contribution in [0.25, 0.3) is 43.1 Å². The summed E-state index contributed by atoms with van der Waals surface area (Å²) in [6, 6.07) is 108. The van der Waals surface area contributed by atoms with Crippen LogP contribution in [-0.4, -0.2) is 20.1 Å². The normalized spacial score (nSPS) is 14.4. The van der Waals surface area contributed by atoms with Crippen molar-refractivity contribution in [2.45, 2.75) is 26.2 Å². The highest BCUT2D eigenvalue weighted by molar-refractivity contribution is 7.06. The lowest BCUT2D eigenvalue weighted by molar-refractivity contribution is 0.489. The van der Waals surface area contributed by atoms with E-state index in [0.29, 0.717) is 0 Å². The van der Waals surface area contributed by atoms with E-state index in [1.165, 1.54) is 116 Å². The van der Waals surface area contributed by atoms with Gasteiger partial charge in [0.25, 0.3) is 20.1 Å². The molecule has 7 heterocycles. The topological polar surface area (TPSA) is 25.4 Å². The zero-order valence-electron chi connectivity index (χ0n) is 52.5. The fourth-order valence-corrected chi connectivity index (χ4v) is 17.9. The van der Waals surface area contributed by atoms with Gasteiger partial charge in [-0.2, -0.15) is 0 Å². The largest absolute Gasteiger partial charge is 0.452 e. The third kappa shape index (κ3) is 6.86. The number of anilines is 15. The Morgan fingerprint density at radius 2 is 0.558 bits per heavy atom. The van der Waals surface area contributed by atoms with E-state index in [2.05, 4.69) is 330 Å². The summed E-state index contributed by atoms with van der Waals surface area (Å²) in [6.07, 6.45) is 0. The Hall–Kier alpha value is -11.7. The molecule has 0 fully saturated rings. The molecule has 0 radical (unpaired) electrons. The van der Waals surface area contributed by atoms with Crippen LogP contribution < -0.4 is 78.4 Å². The summed E-state index contributed by atoms with van der Waals surface area (Å²) in [4.78, 5) is 13.1.